The molecule has 0 saturated heterocycles. The Bertz CT molecular complexity index is 378. The van der Waals surface area contributed by atoms with Crippen LogP contribution in [0.4, 0.5) is 13.2 Å². The van der Waals surface area contributed by atoms with E-state index in [-0.39, 0.29) is 18.6 Å². The number of carbonyl (C=O) groups excluding carboxylic acids is 1. The lowest BCUT2D eigenvalue weighted by atomic mass is 10.1. The SMILES string of the molecule is O=C1C=CC/C1=C\C[C@@H](O)C/C=C\CC(F)(F)F. The Morgan fingerprint density at radius 1 is 1.33 bits per heavy atom. The fourth-order valence-electron chi connectivity index (χ4n) is 1.53. The van der Waals surface area contributed by atoms with Crippen molar-refractivity contribution in [2.24, 2.45) is 0 Å². The van der Waals surface area contributed by atoms with Crippen molar-refractivity contribution in [2.45, 2.75) is 38.0 Å². The van der Waals surface area contributed by atoms with Crippen LogP contribution in [0, 0.1) is 0 Å². The molecule has 0 fully saturated rings. The highest BCUT2D eigenvalue weighted by molar-refractivity contribution is 6.06. The van der Waals surface area contributed by atoms with Crippen LogP contribution in [-0.2, 0) is 4.79 Å². The van der Waals surface area contributed by atoms with Gasteiger partial charge in [0.15, 0.2) is 5.78 Å². The van der Waals surface area contributed by atoms with E-state index in [1.54, 1.807) is 12.2 Å². The van der Waals surface area contributed by atoms with Crippen molar-refractivity contribution in [1.29, 1.82) is 0 Å². The first kappa shape index (κ1) is 14.7. The standard InChI is InChI=1S/C13H15F3O2/c14-13(15,16)9-2-1-5-11(17)8-7-10-4-3-6-12(10)18/h1-3,6-7,11,17H,4-5,8-9H2/b2-1-,10-7+/t11-/m0/s1. The van der Waals surface area contributed by atoms with Crippen LogP contribution in [0.25, 0.3) is 0 Å². The van der Waals surface area contributed by atoms with Crippen LogP contribution >= 0.6 is 0 Å². The van der Waals surface area contributed by atoms with Crippen LogP contribution in [0.5, 0.6) is 0 Å². The Hall–Kier alpha value is -1.36. The number of hydrogen-bond acceptors (Lipinski definition) is 2. The molecule has 1 atom stereocenters. The van der Waals surface area contributed by atoms with Crippen LogP contribution < -0.4 is 0 Å². The molecule has 2 nitrogen and oxygen atoms in total. The van der Waals surface area contributed by atoms with Crippen LogP contribution in [0.2, 0.25) is 0 Å². The van der Waals surface area contributed by atoms with Gasteiger partial charge in [0.2, 0.25) is 0 Å². The number of alkyl halides is 3. The van der Waals surface area contributed by atoms with Crippen molar-refractivity contribution in [3.05, 3.63) is 36.0 Å². The van der Waals surface area contributed by atoms with E-state index in [1.807, 2.05) is 0 Å². The highest BCUT2D eigenvalue weighted by Gasteiger charge is 2.24. The van der Waals surface area contributed by atoms with Crippen molar-refractivity contribution < 1.29 is 23.1 Å². The normalized spacial score (nSPS) is 20.2. The van der Waals surface area contributed by atoms with Crippen molar-refractivity contribution in [3.8, 4) is 0 Å². The van der Waals surface area contributed by atoms with E-state index in [0.29, 0.717) is 12.0 Å². The van der Waals surface area contributed by atoms with Crippen molar-refractivity contribution in [1.82, 2.24) is 0 Å². The molecular formula is C13H15F3O2. The van der Waals surface area contributed by atoms with E-state index in [9.17, 15) is 23.1 Å². The number of halogens is 3. The minimum atomic E-state index is -4.20. The Balaban J connectivity index is 2.26. The van der Waals surface area contributed by atoms with Gasteiger partial charge in [0.25, 0.3) is 0 Å². The monoisotopic (exact) mass is 260 g/mol. The Morgan fingerprint density at radius 2 is 2.06 bits per heavy atom. The first-order chi connectivity index (χ1) is 8.38. The number of allylic oxidation sites excluding steroid dienone is 4. The molecule has 0 aromatic rings. The van der Waals surface area contributed by atoms with Gasteiger partial charge in [-0.15, -0.1) is 0 Å². The maximum atomic E-state index is 11.8. The Labute approximate surface area is 103 Å². The average molecular weight is 260 g/mol. The van der Waals surface area contributed by atoms with Gasteiger partial charge >= 0.3 is 6.18 Å². The van der Waals surface area contributed by atoms with Gasteiger partial charge < -0.3 is 5.11 Å². The first-order valence-electron chi connectivity index (χ1n) is 5.68. The Kier molecular flexibility index (Phi) is 5.34. The average Bonchev–Trinajstić information content (AvgIpc) is 2.66. The zero-order valence-electron chi connectivity index (χ0n) is 9.78. The fourth-order valence-corrected chi connectivity index (χ4v) is 1.53. The minimum absolute atomic E-state index is 0.0604. The molecule has 1 rings (SSSR count). The summed E-state index contributed by atoms with van der Waals surface area (Å²) in [6.45, 7) is 0. The highest BCUT2D eigenvalue weighted by atomic mass is 19.4. The summed E-state index contributed by atoms with van der Waals surface area (Å²) in [4.78, 5) is 11.2. The molecule has 0 saturated carbocycles. The van der Waals surface area contributed by atoms with E-state index in [1.165, 1.54) is 12.2 Å². The highest BCUT2D eigenvalue weighted by Crippen LogP contribution is 2.20. The molecule has 1 aliphatic carbocycles. The summed E-state index contributed by atoms with van der Waals surface area (Å²) in [5.41, 5.74) is 0.633. The minimum Gasteiger partial charge on any atom is -0.392 e. The molecule has 0 aromatic carbocycles. The predicted octanol–water partition coefficient (Wildman–Crippen LogP) is 3.09. The lowest BCUT2D eigenvalue weighted by Crippen LogP contribution is -2.06. The summed E-state index contributed by atoms with van der Waals surface area (Å²) in [5, 5.41) is 9.52. The smallest absolute Gasteiger partial charge is 0.392 e. The zero-order valence-corrected chi connectivity index (χ0v) is 9.78. The molecule has 5 heteroatoms. The lowest BCUT2D eigenvalue weighted by molar-refractivity contribution is -0.125. The van der Waals surface area contributed by atoms with Crippen LogP contribution in [-0.4, -0.2) is 23.2 Å². The second-order valence-corrected chi connectivity index (χ2v) is 4.12. The number of aliphatic hydroxyl groups excluding tert-OH is 1. The summed E-state index contributed by atoms with van der Waals surface area (Å²) in [5.74, 6) is -0.0604. The maximum absolute atomic E-state index is 11.8. The third-order valence-corrected chi connectivity index (χ3v) is 2.48. The molecule has 0 unspecified atom stereocenters. The molecule has 18 heavy (non-hydrogen) atoms. The largest absolute Gasteiger partial charge is 0.392 e. The van der Waals surface area contributed by atoms with Crippen molar-refractivity contribution in [3.63, 3.8) is 0 Å². The molecule has 100 valence electrons. The van der Waals surface area contributed by atoms with Crippen LogP contribution in [0.3, 0.4) is 0 Å². The second-order valence-electron chi connectivity index (χ2n) is 4.12. The van der Waals surface area contributed by atoms with Crippen molar-refractivity contribution >= 4 is 5.78 Å². The van der Waals surface area contributed by atoms with Gasteiger partial charge in [0.1, 0.15) is 0 Å². The molecule has 0 aromatic heterocycles. The summed E-state index contributed by atoms with van der Waals surface area (Å²) in [6, 6.07) is 0. The summed E-state index contributed by atoms with van der Waals surface area (Å²) in [7, 11) is 0. The van der Waals surface area contributed by atoms with Crippen LogP contribution in [0.15, 0.2) is 36.0 Å². The summed E-state index contributed by atoms with van der Waals surface area (Å²) < 4.78 is 35.4. The van der Waals surface area contributed by atoms with E-state index in [0.717, 1.165) is 6.08 Å². The quantitative estimate of drug-likeness (QED) is 0.609. The van der Waals surface area contributed by atoms with Gasteiger partial charge in [-0.1, -0.05) is 24.3 Å². The third-order valence-electron chi connectivity index (χ3n) is 2.48. The van der Waals surface area contributed by atoms with E-state index < -0.39 is 18.7 Å². The van der Waals surface area contributed by atoms with E-state index >= 15 is 0 Å². The topological polar surface area (TPSA) is 37.3 Å². The van der Waals surface area contributed by atoms with E-state index in [4.69, 9.17) is 0 Å². The first-order valence-corrected chi connectivity index (χ1v) is 5.68. The fraction of sp³-hybridized carbons (Fsp3) is 0.462. The predicted molar refractivity (Wildman–Crippen MR) is 61.9 cm³/mol. The van der Waals surface area contributed by atoms with Crippen LogP contribution in [0.1, 0.15) is 25.7 Å². The lowest BCUT2D eigenvalue weighted by Gasteiger charge is -2.05. The molecule has 0 bridgehead atoms. The number of aliphatic hydroxyl groups is 1. The number of ketones is 1. The molecular weight excluding hydrogens is 245 g/mol. The molecule has 0 radical (unpaired) electrons. The van der Waals surface area contributed by atoms with E-state index in [2.05, 4.69) is 0 Å². The second kappa shape index (κ2) is 6.54. The molecule has 0 aliphatic heterocycles. The maximum Gasteiger partial charge on any atom is 0.392 e. The van der Waals surface area contributed by atoms with Gasteiger partial charge in [0.05, 0.1) is 12.5 Å². The molecule has 1 aliphatic rings. The molecule has 1 N–H and O–H groups in total. The Morgan fingerprint density at radius 3 is 2.61 bits per heavy atom. The number of rotatable bonds is 5. The van der Waals surface area contributed by atoms with Crippen molar-refractivity contribution in [2.75, 3.05) is 0 Å². The molecule has 0 amide bonds. The van der Waals surface area contributed by atoms with Gasteiger partial charge in [-0.05, 0) is 30.9 Å². The van der Waals surface area contributed by atoms with Gasteiger partial charge in [0, 0.05) is 0 Å². The van der Waals surface area contributed by atoms with Gasteiger partial charge in [-0.2, -0.15) is 13.2 Å². The zero-order chi connectivity index (χ0) is 13.6. The van der Waals surface area contributed by atoms with Gasteiger partial charge in [-0.3, -0.25) is 4.79 Å². The molecule has 0 spiro atoms. The summed E-state index contributed by atoms with van der Waals surface area (Å²) in [6.07, 6.45) is 2.22. The number of hydrogen-bond donors (Lipinski definition) is 1. The third kappa shape index (κ3) is 5.82. The summed E-state index contributed by atoms with van der Waals surface area (Å²) >= 11 is 0. The number of carbonyl (C=O) groups is 1. The molecule has 0 heterocycles. The van der Waals surface area contributed by atoms with Gasteiger partial charge in [-0.25, -0.2) is 0 Å².